The van der Waals surface area contributed by atoms with Crippen LogP contribution in [0, 0.1) is 0 Å². The number of hydrogen-bond donors (Lipinski definition) is 0. The fraction of sp³-hybridized carbons (Fsp3) is 0. The zero-order chi connectivity index (χ0) is 79.8. The highest BCUT2D eigenvalue weighted by Crippen LogP contribution is 2.52. The Balaban J connectivity index is 0.0000000987. The lowest BCUT2D eigenvalue weighted by atomic mass is 9.35. The second kappa shape index (κ2) is 28.3. The van der Waals surface area contributed by atoms with Gasteiger partial charge in [0.2, 0.25) is 0 Å². The molecule has 4 nitrogen and oxygen atoms in total. The van der Waals surface area contributed by atoms with Gasteiger partial charge in [0.15, 0.2) is 0 Å². The fourth-order valence-corrected chi connectivity index (χ4v) is 29.0. The molecule has 0 amide bonds. The number of furan rings is 1. The maximum absolute atomic E-state index is 6.38. The summed E-state index contributed by atoms with van der Waals surface area (Å²) in [5.41, 5.74) is 17.9. The van der Waals surface area contributed by atoms with Crippen LogP contribution >= 0.6 is 79.4 Å². The zero-order valence-corrected chi connectivity index (χ0v) is 71.0. The summed E-state index contributed by atoms with van der Waals surface area (Å²) < 4.78 is 17.1. The van der Waals surface area contributed by atoms with E-state index in [0.29, 0.717) is 0 Å². The number of benzene rings is 17. The third-order valence-corrected chi connectivity index (χ3v) is 33.4. The maximum Gasteiger partial charge on any atom is 0.250 e. The summed E-state index contributed by atoms with van der Waals surface area (Å²) in [5, 5.41) is 29.0. The Hall–Kier alpha value is -13.1. The van der Waals surface area contributed by atoms with Crippen LogP contribution in [0.4, 0.5) is 47.1 Å². The summed E-state index contributed by atoms with van der Waals surface area (Å²) in [4.78, 5) is 7.55. The van der Waals surface area contributed by atoms with Gasteiger partial charge >= 0.3 is 0 Å². The van der Waals surface area contributed by atoms with E-state index in [2.05, 4.69) is 397 Å². The van der Waals surface area contributed by atoms with Crippen LogP contribution in [0.1, 0.15) is 0 Å². The van der Waals surface area contributed by atoms with Gasteiger partial charge in [-0.25, -0.2) is 0 Å². The van der Waals surface area contributed by atoms with Crippen molar-refractivity contribution in [3.8, 4) is 0 Å². The van der Waals surface area contributed by atoms with Gasteiger partial charge in [-0.05, 0) is 200 Å². The van der Waals surface area contributed by atoms with Crippen molar-refractivity contribution in [2.45, 2.75) is 0 Å². The first-order valence-corrected chi connectivity index (χ1v) is 47.1. The molecule has 0 atom stereocenters. The van der Waals surface area contributed by atoms with Gasteiger partial charge in [0.1, 0.15) is 11.2 Å². The highest BCUT2D eigenvalue weighted by molar-refractivity contribution is 7.33. The van der Waals surface area contributed by atoms with E-state index in [-0.39, 0.29) is 20.1 Å². The van der Waals surface area contributed by atoms with Gasteiger partial charge in [0, 0.05) is 70.8 Å². The summed E-state index contributed by atoms with van der Waals surface area (Å²) in [6, 6.07) is 142. The van der Waals surface area contributed by atoms with E-state index >= 15 is 0 Å². The second-order valence-electron chi connectivity index (χ2n) is 31.8. The van der Waals surface area contributed by atoms with Gasteiger partial charge in [-0.3, -0.25) is 14.7 Å². The molecule has 25 aromatic rings. The molecule has 0 saturated heterocycles. The zero-order valence-electron chi connectivity index (χ0n) is 65.3. The van der Waals surface area contributed by atoms with Crippen LogP contribution in [0.5, 0.6) is 0 Å². The van der Waals surface area contributed by atoms with Crippen molar-refractivity contribution in [3.63, 3.8) is 0 Å². The SMILES string of the molecule is c1ccc(N2c3sc4ccccc4c3B(c3ccc4c(c3)oc3ccccc34)c3c2sc2ccccc32)cc1.c1ccc(N2c3sc4ccccc4c3B(c3ccc4c5ccccc5c5ccccc5c4c3)c3c2sc2ccccc32)cc1.c1ccc(N2c3sc4ccccc4c3B(c3ccc4sc5ccccc5c4c3)c3c2sc2ccccc32)cc1. The molecule has 122 heavy (non-hydrogen) atoms. The van der Waals surface area contributed by atoms with E-state index in [0.717, 1.165) is 11.2 Å². The first-order chi connectivity index (χ1) is 60.5. The number of nitrogens with zero attached hydrogens (tertiary/aromatic N) is 3. The van der Waals surface area contributed by atoms with E-state index in [1.54, 1.807) is 0 Å². The molecular weight excluding hydrogens is 1610 g/mol. The maximum atomic E-state index is 6.38. The van der Waals surface area contributed by atoms with Gasteiger partial charge < -0.3 is 4.42 Å². The molecule has 0 N–H and O–H groups in total. The monoisotopic (exact) mass is 1680 g/mol. The quantitative estimate of drug-likeness (QED) is 0.122. The molecule has 14 heteroatoms. The molecule has 568 valence electrons. The molecule has 17 aromatic carbocycles. The predicted octanol–water partition coefficient (Wildman–Crippen LogP) is 27.0. The lowest BCUT2D eigenvalue weighted by molar-refractivity contribution is 0.669. The minimum absolute atomic E-state index is 0.0971. The van der Waals surface area contributed by atoms with E-state index in [1.807, 2.05) is 85.4 Å². The van der Waals surface area contributed by atoms with Crippen LogP contribution in [-0.4, -0.2) is 20.1 Å². The Morgan fingerprint density at radius 1 is 0.164 bits per heavy atom. The topological polar surface area (TPSA) is 22.9 Å². The molecule has 0 spiro atoms. The van der Waals surface area contributed by atoms with Gasteiger partial charge in [-0.15, -0.1) is 79.4 Å². The Labute approximate surface area is 731 Å². The largest absolute Gasteiger partial charge is 0.456 e. The number of thiophene rings is 7. The molecule has 0 fully saturated rings. The average molecular weight is 1680 g/mol. The minimum Gasteiger partial charge on any atom is -0.456 e. The molecule has 8 aromatic heterocycles. The summed E-state index contributed by atoms with van der Waals surface area (Å²) in [6.45, 7) is 0.368. The van der Waals surface area contributed by atoms with Crippen molar-refractivity contribution in [2.24, 2.45) is 0 Å². The molecular formula is C108H64B3N3OS7. The molecule has 3 aliphatic heterocycles. The van der Waals surface area contributed by atoms with E-state index < -0.39 is 0 Å². The minimum atomic E-state index is 0.0971. The third-order valence-electron chi connectivity index (χ3n) is 25.3. The summed E-state index contributed by atoms with van der Waals surface area (Å²) >= 11 is 13.3. The Morgan fingerprint density at radius 3 is 0.762 bits per heavy atom. The van der Waals surface area contributed by atoms with E-state index in [1.165, 1.54) is 220 Å². The second-order valence-corrected chi connectivity index (χ2v) is 39.1. The van der Waals surface area contributed by atoms with Crippen molar-refractivity contribution in [1.29, 1.82) is 0 Å². The van der Waals surface area contributed by atoms with Crippen LogP contribution < -0.4 is 63.9 Å². The molecule has 3 aliphatic rings. The summed E-state index contributed by atoms with van der Waals surface area (Å²) in [6.07, 6.45) is 0. The van der Waals surface area contributed by atoms with Crippen molar-refractivity contribution in [1.82, 2.24) is 0 Å². The standard InChI is InChI=1S/C40H24BNS2.C34H20BNOS2.C34H20BNS3/c1-2-12-26(13-3-1)42-39-37(32-18-8-10-20-35(32)43-39)41(38-33-19-9-11-21-36(33)44-40(38)42)25-22-23-31-29-16-5-4-14-27(29)28-15-6-7-17-30(28)34(31)24-25;1-2-10-22(11-3-1)36-33-31(25-13-5-8-16-29(25)38-33)35(32-26-14-6-9-17-30(26)39-34(32)36)21-18-19-24-23-12-4-7-15-27(23)37-28(24)20-21;1-2-10-22(11-3-1)36-33-31(24-13-5-8-16-28(24)38-33)35(32-25-14-6-9-17-29(25)39-34(32)36)21-18-19-30-26(20-21)23-12-4-7-15-27(23)37-30/h1-24H;2*1-20H. The van der Waals surface area contributed by atoms with Crippen LogP contribution in [-0.2, 0) is 0 Å². The molecule has 0 unspecified atom stereocenters. The number of hydrogen-bond acceptors (Lipinski definition) is 11. The molecule has 28 rings (SSSR count). The summed E-state index contributed by atoms with van der Waals surface area (Å²) in [7, 11) is 0. The van der Waals surface area contributed by atoms with Crippen molar-refractivity contribution in [2.75, 3.05) is 14.7 Å². The van der Waals surface area contributed by atoms with Gasteiger partial charge in [0.25, 0.3) is 20.1 Å². The Morgan fingerprint density at radius 2 is 0.402 bits per heavy atom. The smallest absolute Gasteiger partial charge is 0.250 e. The van der Waals surface area contributed by atoms with Crippen molar-refractivity contribution < 1.29 is 4.42 Å². The number of anilines is 9. The molecule has 0 aliphatic carbocycles. The molecule has 0 bridgehead atoms. The van der Waals surface area contributed by atoms with Crippen molar-refractivity contribution >= 4 is 331 Å². The Kier molecular flexibility index (Phi) is 16.4. The number of para-hydroxylation sites is 4. The van der Waals surface area contributed by atoms with E-state index in [4.69, 9.17) is 4.42 Å². The summed E-state index contributed by atoms with van der Waals surface area (Å²) in [5.74, 6) is 0. The lowest BCUT2D eigenvalue weighted by Gasteiger charge is -2.33. The first-order valence-electron chi connectivity index (χ1n) is 41.3. The first kappa shape index (κ1) is 70.7. The van der Waals surface area contributed by atoms with Crippen LogP contribution in [0.2, 0.25) is 0 Å². The molecule has 0 saturated carbocycles. The third kappa shape index (κ3) is 10.9. The van der Waals surface area contributed by atoms with E-state index in [9.17, 15) is 0 Å². The number of fused-ring (bicyclic) bond motifs is 30. The highest BCUT2D eigenvalue weighted by Gasteiger charge is 2.45. The van der Waals surface area contributed by atoms with Gasteiger partial charge in [0.05, 0.1) is 30.0 Å². The highest BCUT2D eigenvalue weighted by atomic mass is 32.1. The average Bonchev–Trinajstić information content (AvgIpc) is 1.53. The Bertz CT molecular complexity index is 8280. The fourth-order valence-electron chi connectivity index (χ4n) is 20.1. The van der Waals surface area contributed by atoms with Gasteiger partial charge in [-0.1, -0.05) is 308 Å². The van der Waals surface area contributed by atoms with Crippen LogP contribution in [0.3, 0.4) is 0 Å². The van der Waals surface area contributed by atoms with Crippen molar-refractivity contribution in [3.05, 3.63) is 388 Å². The van der Waals surface area contributed by atoms with Crippen LogP contribution in [0.25, 0.3) is 135 Å². The molecule has 11 heterocycles. The lowest BCUT2D eigenvalue weighted by Crippen LogP contribution is -2.56. The molecule has 0 radical (unpaired) electrons. The predicted molar refractivity (Wildman–Crippen MR) is 542 cm³/mol. The normalized spacial score (nSPS) is 13.0. The van der Waals surface area contributed by atoms with Gasteiger partial charge in [-0.2, -0.15) is 0 Å². The van der Waals surface area contributed by atoms with Crippen LogP contribution in [0.15, 0.2) is 393 Å². The number of rotatable bonds is 6.